The second-order valence-electron chi connectivity index (χ2n) is 8.48. The topological polar surface area (TPSA) is 96.8 Å². The van der Waals surface area contributed by atoms with Crippen molar-refractivity contribution in [2.45, 2.75) is 18.1 Å². The summed E-state index contributed by atoms with van der Waals surface area (Å²) in [6.45, 7) is 1.15. The molecule has 0 amide bonds. The predicted octanol–water partition coefficient (Wildman–Crippen LogP) is 3.86. The van der Waals surface area contributed by atoms with Crippen LogP contribution in [0.3, 0.4) is 0 Å². The second kappa shape index (κ2) is 7.20. The first kappa shape index (κ1) is 19.6. The number of nitrogens with zero attached hydrogens (tertiary/aromatic N) is 4. The SMILES string of the molecule is N#Cc1cccc(-c2ccc3c(c2)[C@@]2(COC(N)=N2)c2cc(N4CC[C@H](F)C4)ncc2O3)c1. The summed E-state index contributed by atoms with van der Waals surface area (Å²) in [5, 5.41) is 9.29. The summed E-state index contributed by atoms with van der Waals surface area (Å²) in [6, 6.07) is 17.5. The van der Waals surface area contributed by atoms with Crippen molar-refractivity contribution >= 4 is 11.8 Å². The van der Waals surface area contributed by atoms with Gasteiger partial charge in [-0.1, -0.05) is 18.2 Å². The molecule has 2 N–H and O–H groups in total. The zero-order valence-corrected chi connectivity index (χ0v) is 17.7. The van der Waals surface area contributed by atoms with E-state index in [2.05, 4.69) is 11.1 Å². The number of alkyl halides is 1. The van der Waals surface area contributed by atoms with Crippen LogP contribution in [0, 0.1) is 11.3 Å². The molecular weight excluding hydrogens is 421 g/mol. The third kappa shape index (κ3) is 3.08. The van der Waals surface area contributed by atoms with Gasteiger partial charge in [-0.15, -0.1) is 0 Å². The van der Waals surface area contributed by atoms with Crippen molar-refractivity contribution in [2.75, 3.05) is 24.6 Å². The lowest BCUT2D eigenvalue weighted by atomic mass is 9.80. The van der Waals surface area contributed by atoms with Crippen LogP contribution in [0.5, 0.6) is 11.5 Å². The van der Waals surface area contributed by atoms with Gasteiger partial charge in [-0.05, 0) is 47.9 Å². The first-order chi connectivity index (χ1) is 16.1. The Labute approximate surface area is 189 Å². The van der Waals surface area contributed by atoms with Gasteiger partial charge in [0.25, 0.3) is 6.02 Å². The van der Waals surface area contributed by atoms with Crippen LogP contribution in [0.25, 0.3) is 11.1 Å². The van der Waals surface area contributed by atoms with Gasteiger partial charge in [-0.25, -0.2) is 14.4 Å². The van der Waals surface area contributed by atoms with E-state index < -0.39 is 11.7 Å². The molecule has 4 heterocycles. The molecule has 3 aliphatic rings. The molecule has 3 aliphatic heterocycles. The molecule has 1 fully saturated rings. The van der Waals surface area contributed by atoms with E-state index in [4.69, 9.17) is 20.2 Å². The van der Waals surface area contributed by atoms with E-state index in [0.29, 0.717) is 42.4 Å². The van der Waals surface area contributed by atoms with Crippen molar-refractivity contribution in [3.63, 3.8) is 0 Å². The van der Waals surface area contributed by atoms with E-state index in [1.54, 1.807) is 12.3 Å². The van der Waals surface area contributed by atoms with E-state index >= 15 is 0 Å². The summed E-state index contributed by atoms with van der Waals surface area (Å²) in [5.41, 5.74) is 9.11. The third-order valence-corrected chi connectivity index (χ3v) is 6.45. The van der Waals surface area contributed by atoms with Crippen LogP contribution in [0.4, 0.5) is 10.2 Å². The fraction of sp³-hybridized carbons (Fsp3) is 0.240. The summed E-state index contributed by atoms with van der Waals surface area (Å²) < 4.78 is 25.7. The molecule has 6 rings (SSSR count). The number of ether oxygens (including phenoxy) is 2. The lowest BCUT2D eigenvalue weighted by Crippen LogP contribution is -2.32. The molecular formula is C25H20FN5O2. The molecule has 1 saturated heterocycles. The molecule has 1 spiro atoms. The largest absolute Gasteiger partial charge is 0.462 e. The molecule has 33 heavy (non-hydrogen) atoms. The Hall–Kier alpha value is -4.12. The predicted molar refractivity (Wildman–Crippen MR) is 121 cm³/mol. The molecule has 0 aliphatic carbocycles. The molecule has 0 radical (unpaired) electrons. The normalized spacial score (nSPS) is 22.7. The van der Waals surface area contributed by atoms with Crippen molar-refractivity contribution in [3.05, 3.63) is 71.4 Å². The third-order valence-electron chi connectivity index (χ3n) is 6.45. The number of hydrogen-bond donors (Lipinski definition) is 1. The number of nitriles is 1. The Kier molecular flexibility index (Phi) is 4.27. The molecule has 0 unspecified atom stereocenters. The van der Waals surface area contributed by atoms with E-state index in [0.717, 1.165) is 22.3 Å². The summed E-state index contributed by atoms with van der Waals surface area (Å²) in [7, 11) is 0. The number of amidine groups is 1. The molecule has 3 aromatic rings. The van der Waals surface area contributed by atoms with Gasteiger partial charge in [0.15, 0.2) is 11.3 Å². The van der Waals surface area contributed by atoms with Gasteiger partial charge in [-0.3, -0.25) is 0 Å². The van der Waals surface area contributed by atoms with Crippen LogP contribution >= 0.6 is 0 Å². The van der Waals surface area contributed by atoms with Gasteiger partial charge in [0, 0.05) is 17.7 Å². The standard InChI is InChI=1S/C25H20FN5O2/c26-18-6-7-31(13-18)23-10-20-22(12-29-23)33-21-5-4-17(16-3-1-2-15(8-16)11-27)9-19(21)25(20)14-32-24(28)30-25/h1-5,8-10,12,18H,6-7,13-14H2,(H2,28,30)/t18-,25-/m0/s1. The molecule has 8 heteroatoms. The summed E-state index contributed by atoms with van der Waals surface area (Å²) in [4.78, 5) is 11.2. The quantitative estimate of drug-likeness (QED) is 0.649. The number of rotatable bonds is 2. The highest BCUT2D eigenvalue weighted by atomic mass is 19.1. The van der Waals surface area contributed by atoms with E-state index in [9.17, 15) is 9.65 Å². The van der Waals surface area contributed by atoms with Gasteiger partial charge in [0.2, 0.25) is 0 Å². The second-order valence-corrected chi connectivity index (χ2v) is 8.48. The Bertz CT molecular complexity index is 1350. The van der Waals surface area contributed by atoms with Crippen LogP contribution in [0.15, 0.2) is 59.7 Å². The Balaban J connectivity index is 1.50. The number of aromatic nitrogens is 1. The minimum atomic E-state index is -0.900. The number of anilines is 1. The van der Waals surface area contributed by atoms with Crippen LogP contribution < -0.4 is 15.4 Å². The number of aliphatic imine (C=N–C) groups is 1. The van der Waals surface area contributed by atoms with Gasteiger partial charge < -0.3 is 20.1 Å². The van der Waals surface area contributed by atoms with Crippen LogP contribution in [0.1, 0.15) is 23.1 Å². The smallest absolute Gasteiger partial charge is 0.283 e. The Morgan fingerprint density at radius 3 is 2.73 bits per heavy atom. The van der Waals surface area contributed by atoms with Crippen molar-refractivity contribution in [3.8, 4) is 28.7 Å². The van der Waals surface area contributed by atoms with E-state index in [1.165, 1.54) is 0 Å². The number of fused-ring (bicyclic) bond motifs is 4. The summed E-state index contributed by atoms with van der Waals surface area (Å²) in [6.07, 6.45) is 1.29. The highest BCUT2D eigenvalue weighted by molar-refractivity contribution is 5.78. The average molecular weight is 441 g/mol. The minimum absolute atomic E-state index is 0.106. The molecule has 0 saturated carbocycles. The minimum Gasteiger partial charge on any atom is -0.462 e. The van der Waals surface area contributed by atoms with Crippen molar-refractivity contribution in [2.24, 2.45) is 10.7 Å². The fourth-order valence-corrected chi connectivity index (χ4v) is 4.80. The highest BCUT2D eigenvalue weighted by Crippen LogP contribution is 2.52. The van der Waals surface area contributed by atoms with Gasteiger partial charge in [0.1, 0.15) is 24.3 Å². The maximum Gasteiger partial charge on any atom is 0.283 e. The van der Waals surface area contributed by atoms with E-state index in [1.807, 2.05) is 47.4 Å². The van der Waals surface area contributed by atoms with Crippen LogP contribution in [-0.4, -0.2) is 36.9 Å². The zero-order chi connectivity index (χ0) is 22.6. The first-order valence-corrected chi connectivity index (χ1v) is 10.8. The number of halogens is 1. The molecule has 2 atom stereocenters. The van der Waals surface area contributed by atoms with E-state index in [-0.39, 0.29) is 12.6 Å². The fourth-order valence-electron chi connectivity index (χ4n) is 4.80. The first-order valence-electron chi connectivity index (χ1n) is 10.8. The number of hydrogen-bond acceptors (Lipinski definition) is 7. The van der Waals surface area contributed by atoms with Gasteiger partial charge >= 0.3 is 0 Å². The lowest BCUT2D eigenvalue weighted by Gasteiger charge is -2.34. The average Bonchev–Trinajstić information content (AvgIpc) is 3.45. The van der Waals surface area contributed by atoms with Gasteiger partial charge in [-0.2, -0.15) is 5.26 Å². The maximum atomic E-state index is 13.8. The molecule has 164 valence electrons. The highest BCUT2D eigenvalue weighted by Gasteiger charge is 2.47. The van der Waals surface area contributed by atoms with Crippen LogP contribution in [-0.2, 0) is 10.3 Å². The maximum absolute atomic E-state index is 13.8. The molecule has 7 nitrogen and oxygen atoms in total. The molecule has 1 aromatic heterocycles. The van der Waals surface area contributed by atoms with Crippen molar-refractivity contribution in [1.82, 2.24) is 4.98 Å². The monoisotopic (exact) mass is 441 g/mol. The Morgan fingerprint density at radius 1 is 1.12 bits per heavy atom. The zero-order valence-electron chi connectivity index (χ0n) is 17.7. The van der Waals surface area contributed by atoms with Crippen molar-refractivity contribution in [1.29, 1.82) is 5.26 Å². The summed E-state index contributed by atoms with van der Waals surface area (Å²) >= 11 is 0. The molecule has 2 aromatic carbocycles. The number of nitrogens with two attached hydrogens (primary N) is 1. The van der Waals surface area contributed by atoms with Crippen LogP contribution in [0.2, 0.25) is 0 Å². The summed E-state index contributed by atoms with van der Waals surface area (Å²) in [5.74, 6) is 1.90. The number of pyridine rings is 1. The van der Waals surface area contributed by atoms with Gasteiger partial charge in [0.05, 0.1) is 24.4 Å². The molecule has 0 bridgehead atoms. The lowest BCUT2D eigenvalue weighted by molar-refractivity contribution is 0.264. The van der Waals surface area contributed by atoms with Crippen molar-refractivity contribution < 1.29 is 13.9 Å². The Morgan fingerprint density at radius 2 is 1.97 bits per heavy atom. The number of benzene rings is 2.